The van der Waals surface area contributed by atoms with Crippen molar-refractivity contribution in [1.82, 2.24) is 20.2 Å². The highest BCUT2D eigenvalue weighted by Gasteiger charge is 2.54. The maximum atomic E-state index is 15.2. The molecule has 2 N–H and O–H groups in total. The number of fused-ring (bicyclic) bond motifs is 7. The molecule has 0 amide bonds. The Labute approximate surface area is 258 Å². The van der Waals surface area contributed by atoms with Crippen molar-refractivity contribution in [1.29, 1.82) is 0 Å². The van der Waals surface area contributed by atoms with Gasteiger partial charge in [0.15, 0.2) is 0 Å². The van der Waals surface area contributed by atoms with Crippen molar-refractivity contribution in [3.8, 4) is 11.8 Å². The van der Waals surface area contributed by atoms with Gasteiger partial charge in [0.1, 0.15) is 24.0 Å². The molecule has 44 heavy (non-hydrogen) atoms. The molecule has 1 aromatic heterocycles. The van der Waals surface area contributed by atoms with E-state index in [4.69, 9.17) is 14.7 Å². The molecule has 1 aliphatic carbocycles. The highest BCUT2D eigenvalue weighted by atomic mass is 19.1. The number of phenolic OH excluding ortho intramolecular Hbond substituents is 1. The van der Waals surface area contributed by atoms with Crippen LogP contribution < -0.4 is 19.9 Å². The number of aromatic nitrogens is 2. The second-order valence-electron chi connectivity index (χ2n) is 14.4. The topological polar surface area (TPSA) is 77.0 Å². The van der Waals surface area contributed by atoms with E-state index in [0.717, 1.165) is 43.0 Å². The van der Waals surface area contributed by atoms with E-state index >= 15 is 4.39 Å². The number of phenols is 1. The van der Waals surface area contributed by atoms with Crippen molar-refractivity contribution >= 4 is 22.3 Å². The van der Waals surface area contributed by atoms with Crippen molar-refractivity contribution in [3.05, 3.63) is 47.4 Å². The maximum Gasteiger partial charge on any atom is 0.318 e. The molecule has 6 heterocycles. The molecule has 9 rings (SSSR count). The first-order chi connectivity index (χ1) is 21.5. The number of aromatic hydroxyl groups is 1. The second-order valence-corrected chi connectivity index (χ2v) is 14.4. The van der Waals surface area contributed by atoms with Crippen LogP contribution in [0, 0.1) is 11.7 Å². The van der Waals surface area contributed by atoms with Gasteiger partial charge in [-0.1, -0.05) is 25.0 Å². The van der Waals surface area contributed by atoms with E-state index in [9.17, 15) is 5.11 Å². The minimum atomic E-state index is -0.274. The molecule has 9 heteroatoms. The summed E-state index contributed by atoms with van der Waals surface area (Å²) in [5.41, 5.74) is 2.96. The lowest BCUT2D eigenvalue weighted by atomic mass is 9.82. The monoisotopic (exact) mass is 598 g/mol. The fourth-order valence-electron chi connectivity index (χ4n) is 9.92. The van der Waals surface area contributed by atoms with Crippen molar-refractivity contribution in [2.45, 2.75) is 94.4 Å². The molecule has 4 saturated heterocycles. The summed E-state index contributed by atoms with van der Waals surface area (Å²) in [5.74, 6) is 1.69. The van der Waals surface area contributed by atoms with Gasteiger partial charge in [0.05, 0.1) is 23.5 Å². The fraction of sp³-hybridized carbons (Fsp3) is 0.600. The van der Waals surface area contributed by atoms with Crippen LogP contribution >= 0.6 is 0 Å². The van der Waals surface area contributed by atoms with Crippen LogP contribution in [0.1, 0.15) is 69.0 Å². The molecule has 2 aromatic carbocycles. The summed E-state index contributed by atoms with van der Waals surface area (Å²) in [6.45, 7) is 4.97. The Kier molecular flexibility index (Phi) is 6.45. The Hall–Kier alpha value is -3.17. The highest BCUT2D eigenvalue weighted by molar-refractivity contribution is 5.96. The summed E-state index contributed by atoms with van der Waals surface area (Å²) >= 11 is 0. The average Bonchev–Trinajstić information content (AvgIpc) is 3.69. The van der Waals surface area contributed by atoms with Crippen molar-refractivity contribution < 1.29 is 14.2 Å². The molecular weight excluding hydrogens is 555 g/mol. The standard InChI is InChI=1S/C35H43FN6O2/c36-28-7-3-6-22-15-26(43)16-31(32(22)28)40-14-11-27-29(20-40)38-34(39-33(27)41-18-24-9-10-25(19-41)37-24)44-21-35-12-4-13-42(35)30-8-2-1-5-23(30)17-35/h3,6-7,15-16,23-25,30,37,43H,1-2,4-5,8-14,17-21H2/t23-,24?,25?,30-,35+/m0/s1. The van der Waals surface area contributed by atoms with E-state index in [0.29, 0.717) is 54.3 Å². The predicted octanol–water partition coefficient (Wildman–Crippen LogP) is 5.15. The van der Waals surface area contributed by atoms with Crippen LogP contribution in [0.15, 0.2) is 30.3 Å². The highest BCUT2D eigenvalue weighted by Crippen LogP contribution is 2.50. The van der Waals surface area contributed by atoms with Crippen LogP contribution in [0.2, 0.25) is 0 Å². The Balaban J connectivity index is 1.06. The third-order valence-electron chi connectivity index (χ3n) is 11.8. The molecule has 5 fully saturated rings. The normalized spacial score (nSPS) is 31.3. The van der Waals surface area contributed by atoms with Crippen LogP contribution in [0.5, 0.6) is 11.8 Å². The molecule has 5 atom stereocenters. The number of hydrogen-bond acceptors (Lipinski definition) is 8. The minimum Gasteiger partial charge on any atom is -0.508 e. The third-order valence-corrected chi connectivity index (χ3v) is 11.8. The minimum absolute atomic E-state index is 0.108. The first-order valence-corrected chi connectivity index (χ1v) is 17.0. The van der Waals surface area contributed by atoms with Gasteiger partial charge >= 0.3 is 6.01 Å². The zero-order chi connectivity index (χ0) is 29.4. The van der Waals surface area contributed by atoms with Crippen molar-refractivity contribution in [3.63, 3.8) is 0 Å². The number of hydrogen-bond donors (Lipinski definition) is 2. The summed E-state index contributed by atoms with van der Waals surface area (Å²) in [4.78, 5) is 17.7. The molecule has 0 spiro atoms. The predicted molar refractivity (Wildman–Crippen MR) is 169 cm³/mol. The number of nitrogens with one attached hydrogen (secondary N) is 1. The van der Waals surface area contributed by atoms with Gasteiger partial charge in [-0.3, -0.25) is 4.90 Å². The summed E-state index contributed by atoms with van der Waals surface area (Å²) in [5, 5.41) is 15.6. The summed E-state index contributed by atoms with van der Waals surface area (Å²) in [6.07, 6.45) is 12.3. The van der Waals surface area contributed by atoms with Crippen molar-refractivity contribution in [2.24, 2.45) is 5.92 Å². The second kappa shape index (κ2) is 10.4. The van der Waals surface area contributed by atoms with Crippen LogP contribution in [0.4, 0.5) is 15.9 Å². The van der Waals surface area contributed by atoms with E-state index < -0.39 is 0 Å². The number of halogens is 1. The van der Waals surface area contributed by atoms with Gasteiger partial charge in [-0.15, -0.1) is 0 Å². The third kappa shape index (κ3) is 4.44. The van der Waals surface area contributed by atoms with Crippen LogP contribution in [-0.2, 0) is 13.0 Å². The Morgan fingerprint density at radius 2 is 1.86 bits per heavy atom. The quantitative estimate of drug-likeness (QED) is 0.418. The smallest absolute Gasteiger partial charge is 0.318 e. The van der Waals surface area contributed by atoms with Gasteiger partial charge in [-0.2, -0.15) is 9.97 Å². The molecule has 5 aliphatic heterocycles. The number of piperazine rings is 1. The number of rotatable bonds is 5. The van der Waals surface area contributed by atoms with E-state index in [2.05, 4.69) is 20.0 Å². The number of nitrogens with zero attached hydrogens (tertiary/aromatic N) is 5. The zero-order valence-corrected chi connectivity index (χ0v) is 25.5. The van der Waals surface area contributed by atoms with Crippen molar-refractivity contribution in [2.75, 3.05) is 42.6 Å². The lowest BCUT2D eigenvalue weighted by molar-refractivity contribution is 0.0774. The number of anilines is 2. The SMILES string of the molecule is Oc1cc(N2CCc3c(nc(OC[C@]45CCCN4[C@H]4CCCC[C@H]4C5)nc3N3CC4CCC(C3)N4)C2)c2c(F)cccc2c1. The molecule has 0 radical (unpaired) electrons. The van der Waals surface area contributed by atoms with E-state index in [1.165, 1.54) is 76.0 Å². The molecule has 2 bridgehead atoms. The van der Waals surface area contributed by atoms with Gasteiger partial charge < -0.3 is 25.0 Å². The van der Waals surface area contributed by atoms with Gasteiger partial charge in [-0.05, 0) is 81.3 Å². The van der Waals surface area contributed by atoms with Gasteiger partial charge in [-0.25, -0.2) is 4.39 Å². The number of benzene rings is 2. The molecule has 3 aromatic rings. The molecule has 232 valence electrons. The molecule has 6 aliphatic rings. The Bertz CT molecular complexity index is 1590. The van der Waals surface area contributed by atoms with Crippen LogP contribution in [0.25, 0.3) is 10.8 Å². The number of ether oxygens (including phenoxy) is 1. The van der Waals surface area contributed by atoms with E-state index in [1.807, 2.05) is 6.07 Å². The Morgan fingerprint density at radius 3 is 2.75 bits per heavy atom. The summed E-state index contributed by atoms with van der Waals surface area (Å²) < 4.78 is 21.9. The van der Waals surface area contributed by atoms with Gasteiger partial charge in [0, 0.05) is 54.8 Å². The first kappa shape index (κ1) is 27.2. The van der Waals surface area contributed by atoms with Gasteiger partial charge in [0.2, 0.25) is 0 Å². The Morgan fingerprint density at radius 1 is 1.00 bits per heavy atom. The molecule has 1 saturated carbocycles. The zero-order valence-electron chi connectivity index (χ0n) is 25.5. The maximum absolute atomic E-state index is 15.2. The fourth-order valence-corrected chi connectivity index (χ4v) is 9.92. The van der Waals surface area contributed by atoms with Crippen LogP contribution in [-0.4, -0.2) is 76.4 Å². The summed E-state index contributed by atoms with van der Waals surface area (Å²) in [7, 11) is 0. The first-order valence-electron chi connectivity index (χ1n) is 17.0. The molecule has 2 unspecified atom stereocenters. The van der Waals surface area contributed by atoms with Crippen LogP contribution in [0.3, 0.4) is 0 Å². The van der Waals surface area contributed by atoms with E-state index in [-0.39, 0.29) is 17.1 Å². The van der Waals surface area contributed by atoms with E-state index in [1.54, 1.807) is 18.2 Å². The summed E-state index contributed by atoms with van der Waals surface area (Å²) in [6, 6.07) is 10.6. The molecular formula is C35H43FN6O2. The largest absolute Gasteiger partial charge is 0.508 e. The average molecular weight is 599 g/mol. The lowest BCUT2D eigenvalue weighted by Gasteiger charge is -2.38. The lowest BCUT2D eigenvalue weighted by Crippen LogP contribution is -2.52. The van der Waals surface area contributed by atoms with Gasteiger partial charge in [0.25, 0.3) is 0 Å². The molecule has 8 nitrogen and oxygen atoms in total.